The Kier molecular flexibility index (Phi) is 6.73. The number of nitrogens with zero attached hydrogens (tertiary/aromatic N) is 2. The number of carbonyl (C=O) groups excluding carboxylic acids is 1. The second-order valence-corrected chi connectivity index (χ2v) is 6.33. The van der Waals surface area contributed by atoms with E-state index in [-0.39, 0.29) is 11.3 Å². The molecule has 27 heavy (non-hydrogen) atoms. The average Bonchev–Trinajstić information content (AvgIpc) is 2.65. The van der Waals surface area contributed by atoms with Gasteiger partial charge in [0.15, 0.2) is 11.5 Å². The molecular formula is C18H14IN3O5. The van der Waals surface area contributed by atoms with E-state index in [1.807, 2.05) is 6.07 Å². The zero-order valence-corrected chi connectivity index (χ0v) is 16.5. The molecule has 0 atom stereocenters. The Bertz CT molecular complexity index is 949. The van der Waals surface area contributed by atoms with Gasteiger partial charge in [0.25, 0.3) is 11.6 Å². The summed E-state index contributed by atoms with van der Waals surface area (Å²) in [5.74, 6) is 0.406. The van der Waals surface area contributed by atoms with Crippen LogP contribution in [0.15, 0.2) is 42.0 Å². The van der Waals surface area contributed by atoms with Crippen molar-refractivity contribution in [1.29, 1.82) is 5.26 Å². The molecule has 0 aliphatic heterocycles. The fourth-order valence-corrected chi connectivity index (χ4v) is 3.05. The lowest BCUT2D eigenvalue weighted by Gasteiger charge is -2.11. The van der Waals surface area contributed by atoms with Gasteiger partial charge in [0.05, 0.1) is 22.7 Å². The molecule has 138 valence electrons. The number of ether oxygens (including phenoxy) is 2. The van der Waals surface area contributed by atoms with Gasteiger partial charge in [0, 0.05) is 17.8 Å². The number of nitrogens with one attached hydrogen (secondary N) is 1. The van der Waals surface area contributed by atoms with Crippen molar-refractivity contribution in [3.63, 3.8) is 0 Å². The summed E-state index contributed by atoms with van der Waals surface area (Å²) in [6, 6.07) is 10.6. The maximum atomic E-state index is 12.3. The van der Waals surface area contributed by atoms with Crippen molar-refractivity contribution in [3.8, 4) is 17.6 Å². The van der Waals surface area contributed by atoms with E-state index in [0.29, 0.717) is 22.7 Å². The summed E-state index contributed by atoms with van der Waals surface area (Å²) in [6.07, 6.45) is 1.42. The Labute approximate surface area is 168 Å². The lowest BCUT2D eigenvalue weighted by atomic mass is 10.1. The maximum Gasteiger partial charge on any atom is 0.269 e. The van der Waals surface area contributed by atoms with E-state index in [1.165, 1.54) is 44.6 Å². The number of amides is 1. The van der Waals surface area contributed by atoms with E-state index >= 15 is 0 Å². The highest BCUT2D eigenvalue weighted by Crippen LogP contribution is 2.34. The molecule has 0 saturated carbocycles. The number of nitriles is 1. The predicted octanol–water partition coefficient (Wildman–Crippen LogP) is 3.76. The van der Waals surface area contributed by atoms with Crippen LogP contribution in [0.4, 0.5) is 11.4 Å². The first-order valence-corrected chi connectivity index (χ1v) is 8.56. The number of rotatable bonds is 6. The molecule has 8 nitrogen and oxygen atoms in total. The predicted molar refractivity (Wildman–Crippen MR) is 108 cm³/mol. The van der Waals surface area contributed by atoms with Crippen LogP contribution in [0.2, 0.25) is 0 Å². The van der Waals surface area contributed by atoms with Crippen molar-refractivity contribution in [3.05, 3.63) is 61.2 Å². The molecule has 0 aliphatic carbocycles. The first-order chi connectivity index (χ1) is 12.9. The molecule has 0 fully saturated rings. The van der Waals surface area contributed by atoms with Crippen molar-refractivity contribution in [2.24, 2.45) is 0 Å². The van der Waals surface area contributed by atoms with Crippen LogP contribution >= 0.6 is 22.6 Å². The van der Waals surface area contributed by atoms with Crippen molar-refractivity contribution in [2.45, 2.75) is 0 Å². The summed E-state index contributed by atoms with van der Waals surface area (Å²) < 4.78 is 11.3. The van der Waals surface area contributed by atoms with Gasteiger partial charge in [-0.2, -0.15) is 5.26 Å². The zero-order valence-electron chi connectivity index (χ0n) is 14.4. The lowest BCUT2D eigenvalue weighted by Crippen LogP contribution is -2.13. The topological polar surface area (TPSA) is 114 Å². The number of nitro benzene ring substituents is 1. The number of methoxy groups -OCH3 is 2. The molecule has 0 spiro atoms. The van der Waals surface area contributed by atoms with Gasteiger partial charge in [-0.05, 0) is 58.5 Å². The number of benzene rings is 2. The molecule has 1 N–H and O–H groups in total. The van der Waals surface area contributed by atoms with Crippen LogP contribution in [0.25, 0.3) is 6.08 Å². The van der Waals surface area contributed by atoms with Gasteiger partial charge in [0.1, 0.15) is 11.6 Å². The maximum absolute atomic E-state index is 12.3. The van der Waals surface area contributed by atoms with Crippen LogP contribution < -0.4 is 14.8 Å². The molecule has 0 aliphatic rings. The van der Waals surface area contributed by atoms with E-state index in [4.69, 9.17) is 9.47 Å². The Morgan fingerprint density at radius 2 is 1.93 bits per heavy atom. The smallest absolute Gasteiger partial charge is 0.269 e. The minimum Gasteiger partial charge on any atom is -0.493 e. The highest BCUT2D eigenvalue weighted by Gasteiger charge is 2.14. The van der Waals surface area contributed by atoms with Crippen molar-refractivity contribution >= 4 is 45.9 Å². The minimum absolute atomic E-state index is 0.0936. The number of anilines is 1. The van der Waals surface area contributed by atoms with Crippen molar-refractivity contribution in [1.82, 2.24) is 0 Å². The first-order valence-electron chi connectivity index (χ1n) is 7.48. The monoisotopic (exact) mass is 479 g/mol. The molecule has 0 saturated heterocycles. The van der Waals surface area contributed by atoms with Gasteiger partial charge in [-0.3, -0.25) is 14.9 Å². The van der Waals surface area contributed by atoms with Gasteiger partial charge in [0.2, 0.25) is 0 Å². The van der Waals surface area contributed by atoms with Gasteiger partial charge >= 0.3 is 0 Å². The summed E-state index contributed by atoms with van der Waals surface area (Å²) in [5.41, 5.74) is 0.710. The summed E-state index contributed by atoms with van der Waals surface area (Å²) in [4.78, 5) is 22.5. The third-order valence-electron chi connectivity index (χ3n) is 3.47. The molecule has 0 bridgehead atoms. The molecule has 0 unspecified atom stereocenters. The number of halogens is 1. The molecule has 0 heterocycles. The fraction of sp³-hybridized carbons (Fsp3) is 0.111. The van der Waals surface area contributed by atoms with Crippen molar-refractivity contribution < 1.29 is 19.2 Å². The second kappa shape index (κ2) is 9.00. The summed E-state index contributed by atoms with van der Waals surface area (Å²) in [7, 11) is 3.02. The Morgan fingerprint density at radius 1 is 1.26 bits per heavy atom. The quantitative estimate of drug-likeness (QED) is 0.222. The van der Waals surface area contributed by atoms with Crippen LogP contribution in [0.1, 0.15) is 5.56 Å². The largest absolute Gasteiger partial charge is 0.493 e. The average molecular weight is 479 g/mol. The molecule has 0 aromatic heterocycles. The number of non-ortho nitro benzene ring substituents is 1. The second-order valence-electron chi connectivity index (χ2n) is 5.17. The van der Waals surface area contributed by atoms with E-state index in [2.05, 4.69) is 27.9 Å². The summed E-state index contributed by atoms with van der Waals surface area (Å²) >= 11 is 2.07. The Balaban J connectivity index is 2.27. The van der Waals surface area contributed by atoms with E-state index in [0.717, 1.165) is 3.57 Å². The highest BCUT2D eigenvalue weighted by molar-refractivity contribution is 14.1. The van der Waals surface area contributed by atoms with Gasteiger partial charge < -0.3 is 14.8 Å². The molecule has 9 heteroatoms. The highest BCUT2D eigenvalue weighted by atomic mass is 127. The van der Waals surface area contributed by atoms with E-state index in [1.54, 1.807) is 12.1 Å². The van der Waals surface area contributed by atoms with Gasteiger partial charge in [-0.25, -0.2) is 0 Å². The number of carbonyl (C=O) groups is 1. The Morgan fingerprint density at radius 3 is 2.44 bits per heavy atom. The molecule has 2 aromatic rings. The number of nitro groups is 1. The summed E-state index contributed by atoms with van der Waals surface area (Å²) in [5, 5.41) is 22.5. The molecule has 2 aromatic carbocycles. The van der Waals surface area contributed by atoms with Crippen LogP contribution in [-0.2, 0) is 4.79 Å². The molecule has 2 rings (SSSR count). The van der Waals surface area contributed by atoms with Crippen LogP contribution in [0, 0.1) is 25.0 Å². The zero-order chi connectivity index (χ0) is 20.0. The summed E-state index contributed by atoms with van der Waals surface area (Å²) in [6.45, 7) is 0. The van der Waals surface area contributed by atoms with Gasteiger partial charge in [-0.15, -0.1) is 0 Å². The molecular weight excluding hydrogens is 465 g/mol. The van der Waals surface area contributed by atoms with E-state index in [9.17, 15) is 20.2 Å². The lowest BCUT2D eigenvalue weighted by molar-refractivity contribution is -0.384. The van der Waals surface area contributed by atoms with Crippen LogP contribution in [0.5, 0.6) is 11.5 Å². The SMILES string of the molecule is COc1cc(/C=C(\C#N)C(=O)Nc2ccc([N+](=O)[O-])cc2)cc(I)c1OC. The van der Waals surface area contributed by atoms with E-state index < -0.39 is 10.8 Å². The number of hydrogen-bond acceptors (Lipinski definition) is 6. The fourth-order valence-electron chi connectivity index (χ4n) is 2.20. The number of hydrogen-bond donors (Lipinski definition) is 1. The van der Waals surface area contributed by atoms with Gasteiger partial charge in [-0.1, -0.05) is 0 Å². The third kappa shape index (κ3) is 4.95. The van der Waals surface area contributed by atoms with Crippen LogP contribution in [0.3, 0.4) is 0 Å². The Hall–Kier alpha value is -3.13. The van der Waals surface area contributed by atoms with Crippen molar-refractivity contribution in [2.75, 3.05) is 19.5 Å². The minimum atomic E-state index is -0.629. The normalized spacial score (nSPS) is 10.7. The molecule has 1 amide bonds. The standard InChI is InChI=1S/C18H14IN3O5/c1-26-16-9-11(8-15(19)17(16)27-2)7-12(10-20)18(23)21-13-3-5-14(6-4-13)22(24)25/h3-9H,1-2H3,(H,21,23)/b12-7+. The van der Waals surface area contributed by atoms with Crippen LogP contribution in [-0.4, -0.2) is 25.1 Å². The first kappa shape index (κ1) is 20.2. The third-order valence-corrected chi connectivity index (χ3v) is 4.27. The molecule has 0 radical (unpaired) electrons.